The summed E-state index contributed by atoms with van der Waals surface area (Å²) >= 11 is 0. The first kappa shape index (κ1) is 16.2. The zero-order valence-corrected chi connectivity index (χ0v) is 12.8. The highest BCUT2D eigenvalue weighted by Crippen LogP contribution is 2.22. The highest BCUT2D eigenvalue weighted by molar-refractivity contribution is 7.86. The maximum Gasteiger partial charge on any atom is 0.282 e. The Hall–Kier alpha value is 0.120. The minimum absolute atomic E-state index is 0. The molecule has 2 rings (SSSR count). The van der Waals surface area contributed by atoms with Crippen molar-refractivity contribution in [3.8, 4) is 0 Å². The van der Waals surface area contributed by atoms with Gasteiger partial charge < -0.3 is 5.32 Å². The molecule has 1 N–H and O–H groups in total. The van der Waals surface area contributed by atoms with Gasteiger partial charge in [-0.05, 0) is 31.7 Å². The van der Waals surface area contributed by atoms with Crippen LogP contribution >= 0.6 is 12.4 Å². The molecule has 0 aromatic heterocycles. The first-order valence-corrected chi connectivity index (χ1v) is 7.85. The van der Waals surface area contributed by atoms with E-state index in [1.54, 1.807) is 15.7 Å². The van der Waals surface area contributed by atoms with E-state index in [0.717, 1.165) is 32.4 Å². The van der Waals surface area contributed by atoms with Crippen molar-refractivity contribution in [1.29, 1.82) is 0 Å². The van der Waals surface area contributed by atoms with Crippen LogP contribution in [0.4, 0.5) is 0 Å². The van der Waals surface area contributed by atoms with Gasteiger partial charge in [0.2, 0.25) is 0 Å². The zero-order valence-electron chi connectivity index (χ0n) is 11.1. The van der Waals surface area contributed by atoms with E-state index in [0.29, 0.717) is 19.0 Å². The van der Waals surface area contributed by atoms with Gasteiger partial charge in [0.1, 0.15) is 0 Å². The number of hydrogen-bond acceptors (Lipinski definition) is 3. The minimum Gasteiger partial charge on any atom is -0.315 e. The summed E-state index contributed by atoms with van der Waals surface area (Å²) in [5.41, 5.74) is 0. The number of piperidine rings is 1. The van der Waals surface area contributed by atoms with Crippen molar-refractivity contribution in [3.05, 3.63) is 0 Å². The molecule has 2 unspecified atom stereocenters. The molecule has 2 saturated heterocycles. The average molecular weight is 298 g/mol. The topological polar surface area (TPSA) is 52.7 Å². The highest BCUT2D eigenvalue weighted by atomic mass is 35.5. The predicted molar refractivity (Wildman–Crippen MR) is 75.2 cm³/mol. The van der Waals surface area contributed by atoms with Crippen molar-refractivity contribution in [2.24, 2.45) is 5.92 Å². The van der Waals surface area contributed by atoms with E-state index in [-0.39, 0.29) is 18.4 Å². The maximum absolute atomic E-state index is 12.4. The maximum atomic E-state index is 12.4. The lowest BCUT2D eigenvalue weighted by Crippen LogP contribution is -2.50. The quantitative estimate of drug-likeness (QED) is 0.833. The third kappa shape index (κ3) is 3.36. The molecule has 2 heterocycles. The molecular formula is C11H24ClN3O2S. The zero-order chi connectivity index (χ0) is 12.5. The summed E-state index contributed by atoms with van der Waals surface area (Å²) in [5.74, 6) is 0.480. The Kier molecular flexibility index (Phi) is 5.86. The number of hydrogen-bond donors (Lipinski definition) is 1. The summed E-state index contributed by atoms with van der Waals surface area (Å²) < 4.78 is 28.1. The Labute approximate surface area is 116 Å². The van der Waals surface area contributed by atoms with Crippen LogP contribution in [0, 0.1) is 5.92 Å². The first-order valence-electron chi connectivity index (χ1n) is 6.45. The van der Waals surface area contributed by atoms with Gasteiger partial charge in [0.05, 0.1) is 0 Å². The molecule has 2 aliphatic rings. The van der Waals surface area contributed by atoms with Gasteiger partial charge >= 0.3 is 0 Å². The van der Waals surface area contributed by atoms with Crippen LogP contribution in [0.15, 0.2) is 0 Å². The minimum atomic E-state index is -3.25. The van der Waals surface area contributed by atoms with E-state index in [1.165, 1.54) is 0 Å². The SMILES string of the molecule is CC1CCCN(S(=O)(=O)N(C)C2CCNC2)C1.Cl. The second-order valence-electron chi connectivity index (χ2n) is 5.28. The van der Waals surface area contributed by atoms with Gasteiger partial charge in [0.25, 0.3) is 10.2 Å². The summed E-state index contributed by atoms with van der Waals surface area (Å²) in [5, 5.41) is 3.21. The summed E-state index contributed by atoms with van der Waals surface area (Å²) in [6.45, 7) is 5.17. The highest BCUT2D eigenvalue weighted by Gasteiger charge is 2.35. The second kappa shape index (κ2) is 6.52. The van der Waals surface area contributed by atoms with Crippen molar-refractivity contribution in [3.63, 3.8) is 0 Å². The van der Waals surface area contributed by atoms with Crippen LogP contribution in [0.25, 0.3) is 0 Å². The molecule has 0 aromatic carbocycles. The molecule has 0 saturated carbocycles. The summed E-state index contributed by atoms with van der Waals surface area (Å²) in [6, 6.07) is 0.122. The van der Waals surface area contributed by atoms with Crippen LogP contribution in [0.2, 0.25) is 0 Å². The first-order chi connectivity index (χ1) is 8.01. The van der Waals surface area contributed by atoms with Gasteiger partial charge in [0, 0.05) is 32.7 Å². The molecule has 18 heavy (non-hydrogen) atoms. The third-order valence-electron chi connectivity index (χ3n) is 3.86. The van der Waals surface area contributed by atoms with E-state index in [4.69, 9.17) is 0 Å². The van der Waals surface area contributed by atoms with Crippen LogP contribution < -0.4 is 5.32 Å². The fourth-order valence-corrected chi connectivity index (χ4v) is 4.40. The molecule has 0 spiro atoms. The van der Waals surface area contributed by atoms with Crippen molar-refractivity contribution in [1.82, 2.24) is 13.9 Å². The third-order valence-corrected chi connectivity index (χ3v) is 5.87. The number of likely N-dealkylation sites (N-methyl/N-ethyl adjacent to an activating group) is 1. The molecule has 7 heteroatoms. The lowest BCUT2D eigenvalue weighted by Gasteiger charge is -2.34. The van der Waals surface area contributed by atoms with E-state index in [9.17, 15) is 8.42 Å². The molecule has 0 aliphatic carbocycles. The van der Waals surface area contributed by atoms with Gasteiger partial charge in [-0.1, -0.05) is 6.92 Å². The molecule has 2 fully saturated rings. The Bertz CT molecular complexity index is 349. The summed E-state index contributed by atoms with van der Waals surface area (Å²) in [7, 11) is -1.54. The Morgan fingerprint density at radius 3 is 2.61 bits per heavy atom. The molecule has 2 aliphatic heterocycles. The lowest BCUT2D eigenvalue weighted by molar-refractivity contribution is 0.254. The van der Waals surface area contributed by atoms with E-state index in [2.05, 4.69) is 12.2 Å². The molecule has 0 radical (unpaired) electrons. The average Bonchev–Trinajstić information content (AvgIpc) is 2.81. The van der Waals surface area contributed by atoms with E-state index in [1.807, 2.05) is 0 Å². The molecule has 5 nitrogen and oxygen atoms in total. The van der Waals surface area contributed by atoms with Gasteiger partial charge in [0.15, 0.2) is 0 Å². The van der Waals surface area contributed by atoms with Gasteiger partial charge in [-0.15, -0.1) is 12.4 Å². The van der Waals surface area contributed by atoms with Crippen molar-refractivity contribution in [2.45, 2.75) is 32.2 Å². The fourth-order valence-electron chi connectivity index (χ4n) is 2.68. The largest absolute Gasteiger partial charge is 0.315 e. The smallest absolute Gasteiger partial charge is 0.282 e. The predicted octanol–water partition coefficient (Wildman–Crippen LogP) is 0.679. The summed E-state index contributed by atoms with van der Waals surface area (Å²) in [4.78, 5) is 0. The Balaban J connectivity index is 0.00000162. The standard InChI is InChI=1S/C11H23N3O2S.ClH/c1-10-4-3-7-14(9-10)17(15,16)13(2)11-5-6-12-8-11;/h10-12H,3-9H2,1-2H3;1H. The van der Waals surface area contributed by atoms with Crippen LogP contribution in [-0.4, -0.2) is 56.3 Å². The van der Waals surface area contributed by atoms with Crippen LogP contribution in [0.1, 0.15) is 26.2 Å². The lowest BCUT2D eigenvalue weighted by atomic mass is 10.0. The summed E-state index contributed by atoms with van der Waals surface area (Å²) in [6.07, 6.45) is 3.04. The van der Waals surface area contributed by atoms with Gasteiger partial charge in [-0.2, -0.15) is 17.0 Å². The molecule has 0 bridgehead atoms. The van der Waals surface area contributed by atoms with Crippen molar-refractivity contribution in [2.75, 3.05) is 33.2 Å². The molecule has 2 atom stereocenters. The van der Waals surface area contributed by atoms with Crippen LogP contribution in [0.3, 0.4) is 0 Å². The molecule has 0 amide bonds. The monoisotopic (exact) mass is 297 g/mol. The molecule has 108 valence electrons. The Morgan fingerprint density at radius 2 is 2.06 bits per heavy atom. The fraction of sp³-hybridized carbons (Fsp3) is 1.00. The van der Waals surface area contributed by atoms with Gasteiger partial charge in [-0.25, -0.2) is 0 Å². The molecular weight excluding hydrogens is 274 g/mol. The van der Waals surface area contributed by atoms with Crippen molar-refractivity contribution < 1.29 is 8.42 Å². The van der Waals surface area contributed by atoms with Crippen LogP contribution in [0.5, 0.6) is 0 Å². The molecule has 0 aromatic rings. The van der Waals surface area contributed by atoms with Gasteiger partial charge in [-0.3, -0.25) is 0 Å². The second-order valence-corrected chi connectivity index (χ2v) is 7.26. The van der Waals surface area contributed by atoms with Crippen molar-refractivity contribution >= 4 is 22.6 Å². The number of rotatable bonds is 3. The number of nitrogens with one attached hydrogen (secondary N) is 1. The number of halogens is 1. The van der Waals surface area contributed by atoms with Crippen LogP contribution in [-0.2, 0) is 10.2 Å². The number of nitrogens with zero attached hydrogens (tertiary/aromatic N) is 2. The Morgan fingerprint density at radius 1 is 1.33 bits per heavy atom. The van der Waals surface area contributed by atoms with E-state index >= 15 is 0 Å². The normalized spacial score (nSPS) is 30.4. The van der Waals surface area contributed by atoms with E-state index < -0.39 is 10.2 Å².